The summed E-state index contributed by atoms with van der Waals surface area (Å²) in [5.41, 5.74) is 1.87. The molecule has 2 rings (SSSR count). The fraction of sp³-hybridized carbons (Fsp3) is 0.500. The van der Waals surface area contributed by atoms with Gasteiger partial charge in [-0.15, -0.1) is 0 Å². The zero-order chi connectivity index (χ0) is 17.4. The van der Waals surface area contributed by atoms with Crippen LogP contribution in [0.15, 0.2) is 24.3 Å². The summed E-state index contributed by atoms with van der Waals surface area (Å²) < 4.78 is 0. The van der Waals surface area contributed by atoms with Crippen molar-refractivity contribution in [2.45, 2.75) is 51.5 Å². The second kappa shape index (κ2) is 9.05. The van der Waals surface area contributed by atoms with E-state index in [1.807, 2.05) is 31.2 Å². The number of carbonyl (C=O) groups excluding carboxylic acids is 3. The number of hydrogen-bond acceptors (Lipinski definition) is 3. The normalized spacial score (nSPS) is 20.7. The molecule has 130 valence electrons. The standard InChI is InChI=1S/C18H25N3O3/c1-2-14-18(24)21-15-10-7-6-9-13(15)8-4-3-5-11-16(22)19-12-17(23)20-14/h6-7,9-10,14H,2-5,8,11-12H2,1H3,(H,19,22)(H,20,23)(H,21,24)/t14-/m1/s1. The Morgan fingerprint density at radius 1 is 1.00 bits per heavy atom. The molecule has 0 saturated heterocycles. The first-order valence-corrected chi connectivity index (χ1v) is 8.55. The molecule has 1 aromatic carbocycles. The number of para-hydroxylation sites is 1. The molecule has 0 spiro atoms. The Morgan fingerprint density at radius 3 is 2.54 bits per heavy atom. The number of amides is 3. The topological polar surface area (TPSA) is 87.3 Å². The van der Waals surface area contributed by atoms with Crippen molar-refractivity contribution in [3.8, 4) is 0 Å². The molecule has 0 bridgehead atoms. The summed E-state index contributed by atoms with van der Waals surface area (Å²) in [7, 11) is 0. The van der Waals surface area contributed by atoms with E-state index in [1.54, 1.807) is 0 Å². The molecule has 0 aromatic heterocycles. The van der Waals surface area contributed by atoms with Crippen LogP contribution in [0.2, 0.25) is 0 Å². The zero-order valence-electron chi connectivity index (χ0n) is 14.1. The Labute approximate surface area is 142 Å². The number of hydrogen-bond donors (Lipinski definition) is 3. The molecule has 6 heteroatoms. The third-order valence-corrected chi connectivity index (χ3v) is 4.13. The minimum atomic E-state index is -0.618. The van der Waals surface area contributed by atoms with Gasteiger partial charge in [0.1, 0.15) is 6.04 Å². The lowest BCUT2D eigenvalue weighted by atomic mass is 10.0. The summed E-state index contributed by atoms with van der Waals surface area (Å²) in [6.07, 6.45) is 4.42. The zero-order valence-corrected chi connectivity index (χ0v) is 14.1. The number of fused-ring (bicyclic) bond motifs is 1. The van der Waals surface area contributed by atoms with E-state index < -0.39 is 6.04 Å². The SMILES string of the molecule is CC[C@H]1NC(=O)CNC(=O)CCCCCc2ccccc2NC1=O. The van der Waals surface area contributed by atoms with Crippen LogP contribution in [0.5, 0.6) is 0 Å². The first kappa shape index (κ1) is 18.0. The van der Waals surface area contributed by atoms with Crippen LogP contribution in [-0.2, 0) is 20.8 Å². The smallest absolute Gasteiger partial charge is 0.246 e. The third kappa shape index (κ3) is 5.37. The van der Waals surface area contributed by atoms with Crippen molar-refractivity contribution in [3.63, 3.8) is 0 Å². The van der Waals surface area contributed by atoms with Crippen molar-refractivity contribution in [2.24, 2.45) is 0 Å². The number of carbonyl (C=O) groups is 3. The van der Waals surface area contributed by atoms with Gasteiger partial charge in [0.15, 0.2) is 0 Å². The summed E-state index contributed by atoms with van der Waals surface area (Å²) in [5, 5.41) is 8.19. The van der Waals surface area contributed by atoms with Crippen molar-refractivity contribution in [1.29, 1.82) is 0 Å². The Morgan fingerprint density at radius 2 is 1.75 bits per heavy atom. The van der Waals surface area contributed by atoms with Crippen molar-refractivity contribution in [1.82, 2.24) is 10.6 Å². The number of aryl methyl sites for hydroxylation is 1. The van der Waals surface area contributed by atoms with Crippen molar-refractivity contribution in [2.75, 3.05) is 11.9 Å². The van der Waals surface area contributed by atoms with Crippen LogP contribution in [0.3, 0.4) is 0 Å². The van der Waals surface area contributed by atoms with Crippen LogP contribution in [-0.4, -0.2) is 30.3 Å². The van der Waals surface area contributed by atoms with Gasteiger partial charge in [0.25, 0.3) is 0 Å². The molecule has 3 amide bonds. The number of benzene rings is 1. The molecular weight excluding hydrogens is 306 g/mol. The number of anilines is 1. The second-order valence-electron chi connectivity index (χ2n) is 6.01. The van der Waals surface area contributed by atoms with E-state index in [4.69, 9.17) is 0 Å². The fourth-order valence-electron chi connectivity index (χ4n) is 2.72. The summed E-state index contributed by atoms with van der Waals surface area (Å²) in [4.78, 5) is 36.1. The first-order valence-electron chi connectivity index (χ1n) is 8.55. The van der Waals surface area contributed by atoms with Crippen LogP contribution in [0, 0.1) is 0 Å². The molecule has 0 fully saturated rings. The maximum Gasteiger partial charge on any atom is 0.246 e. The lowest BCUT2D eigenvalue weighted by Crippen LogP contribution is -2.47. The van der Waals surface area contributed by atoms with Gasteiger partial charge in [-0.3, -0.25) is 14.4 Å². The Balaban J connectivity index is 2.16. The van der Waals surface area contributed by atoms with Crippen LogP contribution in [0.1, 0.15) is 44.6 Å². The van der Waals surface area contributed by atoms with Crippen LogP contribution in [0.25, 0.3) is 0 Å². The van der Waals surface area contributed by atoms with E-state index in [-0.39, 0.29) is 24.3 Å². The predicted molar refractivity (Wildman–Crippen MR) is 92.5 cm³/mol. The minimum absolute atomic E-state index is 0.0980. The highest BCUT2D eigenvalue weighted by Crippen LogP contribution is 2.19. The fourth-order valence-corrected chi connectivity index (χ4v) is 2.72. The molecule has 1 aliphatic heterocycles. The maximum absolute atomic E-state index is 12.4. The Bertz CT molecular complexity index is 601. The molecule has 0 saturated carbocycles. The highest BCUT2D eigenvalue weighted by Gasteiger charge is 2.20. The highest BCUT2D eigenvalue weighted by atomic mass is 16.2. The lowest BCUT2D eigenvalue weighted by Gasteiger charge is -2.18. The average Bonchev–Trinajstić information content (AvgIpc) is 2.58. The summed E-state index contributed by atoms with van der Waals surface area (Å²) in [6, 6.07) is 7.10. The van der Waals surface area contributed by atoms with Crippen LogP contribution in [0.4, 0.5) is 5.69 Å². The van der Waals surface area contributed by atoms with Crippen LogP contribution >= 0.6 is 0 Å². The van der Waals surface area contributed by atoms with Crippen molar-refractivity contribution >= 4 is 23.4 Å². The first-order chi connectivity index (χ1) is 11.6. The molecule has 1 atom stereocenters. The molecular formula is C18H25N3O3. The van der Waals surface area contributed by atoms with Gasteiger partial charge < -0.3 is 16.0 Å². The molecule has 0 radical (unpaired) electrons. The maximum atomic E-state index is 12.4. The van der Waals surface area contributed by atoms with Crippen molar-refractivity contribution in [3.05, 3.63) is 29.8 Å². The van der Waals surface area contributed by atoms with E-state index in [0.717, 1.165) is 36.9 Å². The molecule has 0 unspecified atom stereocenters. The lowest BCUT2D eigenvalue weighted by molar-refractivity contribution is -0.128. The second-order valence-corrected chi connectivity index (χ2v) is 6.01. The largest absolute Gasteiger partial charge is 0.347 e. The van der Waals surface area contributed by atoms with E-state index >= 15 is 0 Å². The molecule has 24 heavy (non-hydrogen) atoms. The molecule has 6 nitrogen and oxygen atoms in total. The highest BCUT2D eigenvalue weighted by molar-refractivity contribution is 5.98. The molecule has 1 heterocycles. The van der Waals surface area contributed by atoms with Crippen molar-refractivity contribution < 1.29 is 14.4 Å². The number of rotatable bonds is 1. The third-order valence-electron chi connectivity index (χ3n) is 4.13. The van der Waals surface area contributed by atoms with Gasteiger partial charge in [0, 0.05) is 12.1 Å². The van der Waals surface area contributed by atoms with Gasteiger partial charge in [-0.05, 0) is 37.3 Å². The molecule has 1 aliphatic rings. The minimum Gasteiger partial charge on any atom is -0.347 e. The van der Waals surface area contributed by atoms with Crippen LogP contribution < -0.4 is 16.0 Å². The van der Waals surface area contributed by atoms with E-state index in [9.17, 15) is 14.4 Å². The molecule has 3 N–H and O–H groups in total. The summed E-state index contributed by atoms with van der Waals surface area (Å²) in [5.74, 6) is -0.717. The van der Waals surface area contributed by atoms with Gasteiger partial charge >= 0.3 is 0 Å². The van der Waals surface area contributed by atoms with E-state index in [2.05, 4.69) is 16.0 Å². The Kier molecular flexibility index (Phi) is 6.78. The van der Waals surface area contributed by atoms with E-state index in [0.29, 0.717) is 12.8 Å². The molecule has 0 aliphatic carbocycles. The van der Waals surface area contributed by atoms with Gasteiger partial charge in [-0.25, -0.2) is 0 Å². The quantitative estimate of drug-likeness (QED) is 0.733. The molecule has 1 aromatic rings. The number of nitrogens with one attached hydrogen (secondary N) is 3. The van der Waals surface area contributed by atoms with E-state index in [1.165, 1.54) is 0 Å². The summed E-state index contributed by atoms with van der Waals surface area (Å²) in [6.45, 7) is 1.74. The summed E-state index contributed by atoms with van der Waals surface area (Å²) >= 11 is 0. The Hall–Kier alpha value is -2.37. The van der Waals surface area contributed by atoms with Gasteiger partial charge in [-0.2, -0.15) is 0 Å². The van der Waals surface area contributed by atoms with Gasteiger partial charge in [0.2, 0.25) is 17.7 Å². The monoisotopic (exact) mass is 331 g/mol. The van der Waals surface area contributed by atoms with Gasteiger partial charge in [0.05, 0.1) is 6.54 Å². The average molecular weight is 331 g/mol. The van der Waals surface area contributed by atoms with Gasteiger partial charge in [-0.1, -0.05) is 31.5 Å². The predicted octanol–water partition coefficient (Wildman–Crippen LogP) is 1.75.